The lowest BCUT2D eigenvalue weighted by molar-refractivity contribution is -0.118. The van der Waals surface area contributed by atoms with Crippen molar-refractivity contribution in [3.63, 3.8) is 0 Å². The zero-order valence-electron chi connectivity index (χ0n) is 7.18. The normalized spacial score (nSPS) is 13.7. The largest absolute Gasteiger partial charge is 0.298 e. The summed E-state index contributed by atoms with van der Waals surface area (Å²) < 4.78 is 0. The van der Waals surface area contributed by atoms with E-state index in [0.29, 0.717) is 11.7 Å². The number of hydrogen-bond acceptors (Lipinski definition) is 2. The maximum absolute atomic E-state index is 11.2. The van der Waals surface area contributed by atoms with Crippen molar-refractivity contribution < 1.29 is 4.79 Å². The SMILES string of the molecule is CSC(C)C(=O)CC(C)C. The van der Waals surface area contributed by atoms with E-state index in [-0.39, 0.29) is 5.25 Å². The molecule has 60 valence electrons. The molecule has 0 aromatic rings. The maximum Gasteiger partial charge on any atom is 0.145 e. The molecule has 0 amide bonds. The van der Waals surface area contributed by atoms with Gasteiger partial charge in [-0.1, -0.05) is 13.8 Å². The molecule has 0 aliphatic heterocycles. The molecule has 1 unspecified atom stereocenters. The highest BCUT2D eigenvalue weighted by Gasteiger charge is 2.11. The number of Topliss-reactive ketones (excluding diaryl/α,β-unsaturated/α-hetero) is 1. The smallest absolute Gasteiger partial charge is 0.145 e. The van der Waals surface area contributed by atoms with Gasteiger partial charge in [0.15, 0.2) is 0 Å². The van der Waals surface area contributed by atoms with Gasteiger partial charge in [0.25, 0.3) is 0 Å². The minimum absolute atomic E-state index is 0.183. The van der Waals surface area contributed by atoms with Crippen LogP contribution in [0.5, 0.6) is 0 Å². The Labute approximate surface area is 67.6 Å². The number of rotatable bonds is 4. The lowest BCUT2D eigenvalue weighted by Gasteiger charge is -2.08. The van der Waals surface area contributed by atoms with Crippen LogP contribution in [0, 0.1) is 5.92 Å². The van der Waals surface area contributed by atoms with Crippen molar-refractivity contribution in [3.05, 3.63) is 0 Å². The van der Waals surface area contributed by atoms with Gasteiger partial charge in [-0.3, -0.25) is 4.79 Å². The molecular formula is C8H16OS. The first-order valence-corrected chi connectivity index (χ1v) is 4.92. The van der Waals surface area contributed by atoms with Crippen molar-refractivity contribution in [2.45, 2.75) is 32.4 Å². The second-order valence-electron chi connectivity index (χ2n) is 2.94. The van der Waals surface area contributed by atoms with Crippen LogP contribution in [0.2, 0.25) is 0 Å². The molecule has 0 heterocycles. The van der Waals surface area contributed by atoms with E-state index in [1.807, 2.05) is 13.2 Å². The van der Waals surface area contributed by atoms with E-state index in [0.717, 1.165) is 6.42 Å². The Bertz CT molecular complexity index is 110. The van der Waals surface area contributed by atoms with Crippen molar-refractivity contribution >= 4 is 17.5 Å². The second kappa shape index (κ2) is 4.78. The third kappa shape index (κ3) is 3.94. The van der Waals surface area contributed by atoms with Gasteiger partial charge in [-0.15, -0.1) is 0 Å². The second-order valence-corrected chi connectivity index (χ2v) is 4.12. The van der Waals surface area contributed by atoms with E-state index in [9.17, 15) is 4.79 Å². The highest BCUT2D eigenvalue weighted by atomic mass is 32.2. The molecule has 0 bridgehead atoms. The molecule has 0 aliphatic carbocycles. The molecule has 0 saturated heterocycles. The number of ketones is 1. The van der Waals surface area contributed by atoms with E-state index in [2.05, 4.69) is 13.8 Å². The predicted octanol–water partition coefficient (Wildman–Crippen LogP) is 2.35. The summed E-state index contributed by atoms with van der Waals surface area (Å²) in [6.07, 6.45) is 2.70. The lowest BCUT2D eigenvalue weighted by atomic mass is 10.1. The van der Waals surface area contributed by atoms with Crippen LogP contribution in [0.4, 0.5) is 0 Å². The first-order chi connectivity index (χ1) is 4.57. The number of carbonyl (C=O) groups is 1. The summed E-state index contributed by atoms with van der Waals surface area (Å²) in [5, 5.41) is 0.183. The first-order valence-electron chi connectivity index (χ1n) is 3.63. The number of hydrogen-bond donors (Lipinski definition) is 0. The highest BCUT2D eigenvalue weighted by molar-refractivity contribution is 7.99. The summed E-state index contributed by atoms with van der Waals surface area (Å²) >= 11 is 1.63. The van der Waals surface area contributed by atoms with Crippen LogP contribution in [0.1, 0.15) is 27.2 Å². The van der Waals surface area contributed by atoms with Crippen LogP contribution >= 0.6 is 11.8 Å². The van der Waals surface area contributed by atoms with Crippen LogP contribution in [0.25, 0.3) is 0 Å². The molecule has 0 radical (unpaired) electrons. The Morgan fingerprint density at radius 1 is 1.40 bits per heavy atom. The minimum Gasteiger partial charge on any atom is -0.298 e. The van der Waals surface area contributed by atoms with Gasteiger partial charge in [0.1, 0.15) is 5.78 Å². The quantitative estimate of drug-likeness (QED) is 0.628. The Kier molecular flexibility index (Phi) is 4.79. The van der Waals surface area contributed by atoms with Gasteiger partial charge in [-0.05, 0) is 19.1 Å². The molecule has 0 aliphatic rings. The van der Waals surface area contributed by atoms with Gasteiger partial charge < -0.3 is 0 Å². The topological polar surface area (TPSA) is 17.1 Å². The summed E-state index contributed by atoms with van der Waals surface area (Å²) in [5.74, 6) is 0.879. The average molecular weight is 160 g/mol. The molecule has 0 saturated carbocycles. The zero-order valence-corrected chi connectivity index (χ0v) is 7.99. The number of carbonyl (C=O) groups excluding carboxylic acids is 1. The maximum atomic E-state index is 11.2. The molecule has 0 aromatic carbocycles. The van der Waals surface area contributed by atoms with E-state index < -0.39 is 0 Å². The fraction of sp³-hybridized carbons (Fsp3) is 0.875. The van der Waals surface area contributed by atoms with Crippen molar-refractivity contribution in [3.8, 4) is 0 Å². The first kappa shape index (κ1) is 10.0. The Morgan fingerprint density at radius 3 is 2.20 bits per heavy atom. The van der Waals surface area contributed by atoms with E-state index in [4.69, 9.17) is 0 Å². The third-order valence-corrected chi connectivity index (χ3v) is 2.39. The van der Waals surface area contributed by atoms with Crippen molar-refractivity contribution in [2.75, 3.05) is 6.26 Å². The molecule has 0 rings (SSSR count). The van der Waals surface area contributed by atoms with Crippen LogP contribution in [0.3, 0.4) is 0 Å². The van der Waals surface area contributed by atoms with Gasteiger partial charge in [-0.2, -0.15) is 11.8 Å². The van der Waals surface area contributed by atoms with Gasteiger partial charge in [0.2, 0.25) is 0 Å². The van der Waals surface area contributed by atoms with Gasteiger partial charge in [0.05, 0.1) is 5.25 Å². The molecule has 0 spiro atoms. The highest BCUT2D eigenvalue weighted by Crippen LogP contribution is 2.11. The summed E-state index contributed by atoms with van der Waals surface area (Å²) in [5.41, 5.74) is 0. The Morgan fingerprint density at radius 2 is 1.90 bits per heavy atom. The van der Waals surface area contributed by atoms with Gasteiger partial charge in [-0.25, -0.2) is 0 Å². The fourth-order valence-electron chi connectivity index (χ4n) is 0.700. The van der Waals surface area contributed by atoms with Crippen LogP contribution in [0.15, 0.2) is 0 Å². The molecule has 10 heavy (non-hydrogen) atoms. The zero-order chi connectivity index (χ0) is 8.15. The van der Waals surface area contributed by atoms with Crippen molar-refractivity contribution in [2.24, 2.45) is 5.92 Å². The van der Waals surface area contributed by atoms with Crippen LogP contribution in [-0.2, 0) is 4.79 Å². The molecule has 0 fully saturated rings. The molecule has 0 N–H and O–H groups in total. The molecule has 1 atom stereocenters. The summed E-state index contributed by atoms with van der Waals surface area (Å²) in [4.78, 5) is 11.2. The van der Waals surface area contributed by atoms with E-state index >= 15 is 0 Å². The average Bonchev–Trinajstić information content (AvgIpc) is 1.85. The lowest BCUT2D eigenvalue weighted by Crippen LogP contribution is -2.14. The molecule has 1 nitrogen and oxygen atoms in total. The molecule has 2 heteroatoms. The fourth-order valence-corrected chi connectivity index (χ4v) is 1.06. The summed E-state index contributed by atoms with van der Waals surface area (Å²) in [6.45, 7) is 6.12. The van der Waals surface area contributed by atoms with Crippen molar-refractivity contribution in [1.29, 1.82) is 0 Å². The monoisotopic (exact) mass is 160 g/mol. The summed E-state index contributed by atoms with van der Waals surface area (Å²) in [7, 11) is 0. The molecule has 0 aromatic heterocycles. The molecular weight excluding hydrogens is 144 g/mol. The Balaban J connectivity index is 3.62. The van der Waals surface area contributed by atoms with Crippen LogP contribution in [-0.4, -0.2) is 17.3 Å². The van der Waals surface area contributed by atoms with Gasteiger partial charge in [0, 0.05) is 6.42 Å². The van der Waals surface area contributed by atoms with E-state index in [1.54, 1.807) is 11.8 Å². The van der Waals surface area contributed by atoms with Crippen molar-refractivity contribution in [1.82, 2.24) is 0 Å². The standard InChI is InChI=1S/C8H16OS/c1-6(2)5-8(9)7(3)10-4/h6-7H,5H2,1-4H3. The number of thioether (sulfide) groups is 1. The van der Waals surface area contributed by atoms with Crippen LogP contribution < -0.4 is 0 Å². The third-order valence-electron chi connectivity index (χ3n) is 1.42. The summed E-state index contributed by atoms with van der Waals surface area (Å²) in [6, 6.07) is 0. The van der Waals surface area contributed by atoms with E-state index in [1.165, 1.54) is 0 Å². The van der Waals surface area contributed by atoms with Gasteiger partial charge >= 0.3 is 0 Å². The Hall–Kier alpha value is 0.0200. The minimum atomic E-state index is 0.183. The predicted molar refractivity (Wildman–Crippen MR) is 47.4 cm³/mol.